The molecule has 1 atom stereocenters. The second-order valence-electron chi connectivity index (χ2n) is 5.95. The monoisotopic (exact) mass is 334 g/mol. The molecule has 2 N–H and O–H groups in total. The van der Waals surface area contributed by atoms with Gasteiger partial charge in [-0.1, -0.05) is 0 Å². The van der Waals surface area contributed by atoms with Crippen molar-refractivity contribution in [3.63, 3.8) is 0 Å². The SMILES string of the molecule is CCNC(=NCCCOC1CCOC1)NCCc1ccncc1C. The maximum Gasteiger partial charge on any atom is 0.191 e. The number of pyridine rings is 1. The molecule has 0 aromatic carbocycles. The number of guanidine groups is 1. The van der Waals surface area contributed by atoms with Crippen LogP contribution in [0.1, 0.15) is 30.9 Å². The van der Waals surface area contributed by atoms with Gasteiger partial charge in [0, 0.05) is 45.2 Å². The van der Waals surface area contributed by atoms with Gasteiger partial charge >= 0.3 is 0 Å². The molecular weight excluding hydrogens is 304 g/mol. The van der Waals surface area contributed by atoms with Crippen molar-refractivity contribution in [3.8, 4) is 0 Å². The lowest BCUT2D eigenvalue weighted by molar-refractivity contribution is 0.0424. The molecule has 0 radical (unpaired) electrons. The third-order valence-corrected chi connectivity index (χ3v) is 3.98. The van der Waals surface area contributed by atoms with Crippen molar-refractivity contribution in [1.82, 2.24) is 15.6 Å². The lowest BCUT2D eigenvalue weighted by atomic mass is 10.1. The van der Waals surface area contributed by atoms with Crippen LogP contribution in [0.15, 0.2) is 23.5 Å². The van der Waals surface area contributed by atoms with Gasteiger partial charge in [-0.25, -0.2) is 0 Å². The van der Waals surface area contributed by atoms with Gasteiger partial charge in [0.15, 0.2) is 5.96 Å². The fourth-order valence-electron chi connectivity index (χ4n) is 2.59. The van der Waals surface area contributed by atoms with Crippen LogP contribution in [-0.2, 0) is 15.9 Å². The summed E-state index contributed by atoms with van der Waals surface area (Å²) >= 11 is 0. The molecule has 0 bridgehead atoms. The minimum Gasteiger partial charge on any atom is -0.379 e. The second kappa shape index (κ2) is 11.0. The molecule has 6 heteroatoms. The second-order valence-corrected chi connectivity index (χ2v) is 5.95. The molecule has 1 aliphatic rings. The van der Waals surface area contributed by atoms with Crippen LogP contribution in [0.4, 0.5) is 0 Å². The zero-order valence-electron chi connectivity index (χ0n) is 14.9. The summed E-state index contributed by atoms with van der Waals surface area (Å²) in [6.45, 7) is 8.95. The van der Waals surface area contributed by atoms with Crippen LogP contribution in [0.2, 0.25) is 0 Å². The molecule has 2 heterocycles. The highest BCUT2D eigenvalue weighted by Gasteiger charge is 2.15. The topological polar surface area (TPSA) is 67.8 Å². The van der Waals surface area contributed by atoms with Gasteiger partial charge in [0.2, 0.25) is 0 Å². The van der Waals surface area contributed by atoms with Gasteiger partial charge in [-0.3, -0.25) is 9.98 Å². The van der Waals surface area contributed by atoms with E-state index in [2.05, 4.69) is 40.5 Å². The largest absolute Gasteiger partial charge is 0.379 e. The van der Waals surface area contributed by atoms with Crippen LogP contribution in [0.3, 0.4) is 0 Å². The molecule has 2 rings (SSSR count). The van der Waals surface area contributed by atoms with E-state index in [0.29, 0.717) is 0 Å². The van der Waals surface area contributed by atoms with Crippen LogP contribution >= 0.6 is 0 Å². The molecule has 6 nitrogen and oxygen atoms in total. The first-order valence-electron chi connectivity index (χ1n) is 8.90. The third-order valence-electron chi connectivity index (χ3n) is 3.98. The molecule has 134 valence electrons. The maximum absolute atomic E-state index is 5.76. The van der Waals surface area contributed by atoms with Crippen molar-refractivity contribution in [3.05, 3.63) is 29.6 Å². The Morgan fingerprint density at radius 3 is 3.12 bits per heavy atom. The van der Waals surface area contributed by atoms with Crippen molar-refractivity contribution in [1.29, 1.82) is 0 Å². The first kappa shape index (κ1) is 18.7. The Labute approximate surface area is 145 Å². The van der Waals surface area contributed by atoms with Gasteiger partial charge in [-0.05, 0) is 50.3 Å². The minimum atomic E-state index is 0.281. The Bertz CT molecular complexity index is 502. The lowest BCUT2D eigenvalue weighted by Gasteiger charge is -2.12. The highest BCUT2D eigenvalue weighted by Crippen LogP contribution is 2.08. The Morgan fingerprint density at radius 1 is 1.46 bits per heavy atom. The zero-order valence-corrected chi connectivity index (χ0v) is 14.9. The van der Waals surface area contributed by atoms with Gasteiger partial charge in [-0.15, -0.1) is 0 Å². The summed E-state index contributed by atoms with van der Waals surface area (Å²) in [4.78, 5) is 8.73. The van der Waals surface area contributed by atoms with Crippen LogP contribution in [0, 0.1) is 6.92 Å². The fourth-order valence-corrected chi connectivity index (χ4v) is 2.59. The molecular formula is C18H30N4O2. The first-order chi connectivity index (χ1) is 11.8. The fraction of sp³-hybridized carbons (Fsp3) is 0.667. The standard InChI is InChI=1S/C18H30N4O2/c1-3-20-18(21-8-4-11-24-17-7-12-23-14-17)22-10-6-16-5-9-19-13-15(16)2/h5,9,13,17H,3-4,6-8,10-12,14H2,1-2H3,(H2,20,21,22). The molecule has 0 saturated carbocycles. The van der Waals surface area contributed by atoms with E-state index in [0.717, 1.165) is 64.7 Å². The number of ether oxygens (including phenoxy) is 2. The van der Waals surface area contributed by atoms with Gasteiger partial charge in [0.25, 0.3) is 0 Å². The van der Waals surface area contributed by atoms with E-state index in [1.54, 1.807) is 0 Å². The maximum atomic E-state index is 5.76. The Kier molecular flexibility index (Phi) is 8.55. The van der Waals surface area contributed by atoms with Crippen molar-refractivity contribution in [2.45, 2.75) is 39.2 Å². The average molecular weight is 334 g/mol. The van der Waals surface area contributed by atoms with Gasteiger partial charge in [0.05, 0.1) is 12.7 Å². The molecule has 1 aliphatic heterocycles. The minimum absolute atomic E-state index is 0.281. The number of aliphatic imine (C=N–C) groups is 1. The van der Waals surface area contributed by atoms with Gasteiger partial charge in [0.1, 0.15) is 0 Å². The molecule has 1 saturated heterocycles. The molecule has 1 aromatic rings. The van der Waals surface area contributed by atoms with Crippen LogP contribution in [0.5, 0.6) is 0 Å². The molecule has 1 aromatic heterocycles. The normalized spacial score (nSPS) is 17.9. The average Bonchev–Trinajstić information content (AvgIpc) is 3.09. The van der Waals surface area contributed by atoms with Crippen LogP contribution in [0.25, 0.3) is 0 Å². The quantitative estimate of drug-likeness (QED) is 0.409. The Balaban J connectivity index is 1.65. The highest BCUT2D eigenvalue weighted by molar-refractivity contribution is 5.79. The summed E-state index contributed by atoms with van der Waals surface area (Å²) in [5.41, 5.74) is 2.55. The van der Waals surface area contributed by atoms with E-state index in [1.807, 2.05) is 12.4 Å². The summed E-state index contributed by atoms with van der Waals surface area (Å²) in [7, 11) is 0. The van der Waals surface area contributed by atoms with E-state index in [-0.39, 0.29) is 6.10 Å². The van der Waals surface area contributed by atoms with E-state index < -0.39 is 0 Å². The van der Waals surface area contributed by atoms with E-state index in [4.69, 9.17) is 9.47 Å². The number of hydrogen-bond acceptors (Lipinski definition) is 4. The smallest absolute Gasteiger partial charge is 0.191 e. The summed E-state index contributed by atoms with van der Waals surface area (Å²) < 4.78 is 11.1. The van der Waals surface area contributed by atoms with E-state index in [9.17, 15) is 0 Å². The number of aryl methyl sites for hydroxylation is 1. The predicted molar refractivity (Wildman–Crippen MR) is 96.5 cm³/mol. The van der Waals surface area contributed by atoms with Crippen molar-refractivity contribution >= 4 is 5.96 Å². The molecule has 1 unspecified atom stereocenters. The summed E-state index contributed by atoms with van der Waals surface area (Å²) in [6, 6.07) is 2.07. The third kappa shape index (κ3) is 6.84. The Hall–Kier alpha value is -1.66. The summed E-state index contributed by atoms with van der Waals surface area (Å²) in [5, 5.41) is 6.67. The van der Waals surface area contributed by atoms with Crippen molar-refractivity contribution < 1.29 is 9.47 Å². The molecule has 0 amide bonds. The molecule has 1 fully saturated rings. The molecule has 0 aliphatic carbocycles. The Morgan fingerprint density at radius 2 is 2.38 bits per heavy atom. The van der Waals surface area contributed by atoms with Crippen LogP contribution in [-0.4, -0.2) is 56.5 Å². The summed E-state index contributed by atoms with van der Waals surface area (Å²) in [6.07, 6.45) is 6.94. The number of aromatic nitrogens is 1. The molecule has 24 heavy (non-hydrogen) atoms. The van der Waals surface area contributed by atoms with Crippen LogP contribution < -0.4 is 10.6 Å². The summed E-state index contributed by atoms with van der Waals surface area (Å²) in [5.74, 6) is 0.869. The predicted octanol–water partition coefficient (Wildman–Crippen LogP) is 1.68. The highest BCUT2D eigenvalue weighted by atomic mass is 16.5. The van der Waals surface area contributed by atoms with Crippen molar-refractivity contribution in [2.75, 3.05) is 39.5 Å². The van der Waals surface area contributed by atoms with Gasteiger partial charge < -0.3 is 20.1 Å². The first-order valence-corrected chi connectivity index (χ1v) is 8.90. The number of nitrogens with one attached hydrogen (secondary N) is 2. The lowest BCUT2D eigenvalue weighted by Crippen LogP contribution is -2.38. The number of nitrogens with zero attached hydrogens (tertiary/aromatic N) is 2. The van der Waals surface area contributed by atoms with Crippen molar-refractivity contribution in [2.24, 2.45) is 4.99 Å². The number of rotatable bonds is 9. The number of hydrogen-bond donors (Lipinski definition) is 2. The van der Waals surface area contributed by atoms with E-state index >= 15 is 0 Å². The molecule has 0 spiro atoms. The van der Waals surface area contributed by atoms with Gasteiger partial charge in [-0.2, -0.15) is 0 Å². The van der Waals surface area contributed by atoms with E-state index in [1.165, 1.54) is 11.1 Å². The zero-order chi connectivity index (χ0) is 17.0.